The fourth-order valence-electron chi connectivity index (χ4n) is 2.40. The number of hydrogen-bond acceptors (Lipinski definition) is 3. The van der Waals surface area contributed by atoms with Crippen LogP contribution in [0, 0.1) is 11.7 Å². The Bertz CT molecular complexity index is 638. The predicted molar refractivity (Wildman–Crippen MR) is 84.1 cm³/mol. The molecule has 110 valence electrons. The molecule has 2 N–H and O–H groups in total. The van der Waals surface area contributed by atoms with E-state index in [4.69, 9.17) is 0 Å². The number of anilines is 2. The molecule has 1 aromatic carbocycles. The molecule has 0 bridgehead atoms. The molecular formula is C16H17FN2OS. The van der Waals surface area contributed by atoms with Crippen molar-refractivity contribution in [3.8, 4) is 0 Å². The number of amides is 1. The predicted octanol–water partition coefficient (Wildman–Crippen LogP) is 4.41. The minimum Gasteiger partial charge on any atom is -0.375 e. The Balaban J connectivity index is 1.83. The van der Waals surface area contributed by atoms with Crippen LogP contribution in [0.4, 0.5) is 15.8 Å². The van der Waals surface area contributed by atoms with E-state index in [1.807, 2.05) is 11.4 Å². The maximum Gasteiger partial charge on any atom is 0.221 e. The molecule has 3 nitrogen and oxygen atoms in total. The zero-order chi connectivity index (χ0) is 14.8. The lowest BCUT2D eigenvalue weighted by Crippen LogP contribution is -2.13. The number of rotatable bonds is 5. The van der Waals surface area contributed by atoms with Crippen LogP contribution < -0.4 is 10.6 Å². The van der Waals surface area contributed by atoms with Gasteiger partial charge >= 0.3 is 0 Å². The van der Waals surface area contributed by atoms with Crippen molar-refractivity contribution in [1.82, 2.24) is 0 Å². The minimum absolute atomic E-state index is 0.145. The quantitative estimate of drug-likeness (QED) is 0.859. The molecule has 1 aromatic heterocycles. The molecule has 5 heteroatoms. The average Bonchev–Trinajstić information content (AvgIpc) is 3.13. The van der Waals surface area contributed by atoms with Gasteiger partial charge in [0.2, 0.25) is 5.91 Å². The van der Waals surface area contributed by atoms with Crippen molar-refractivity contribution in [1.29, 1.82) is 0 Å². The summed E-state index contributed by atoms with van der Waals surface area (Å²) in [6.45, 7) is 1.44. The van der Waals surface area contributed by atoms with Crippen LogP contribution in [0.2, 0.25) is 0 Å². The maximum atomic E-state index is 14.0. The smallest absolute Gasteiger partial charge is 0.221 e. The Hall–Kier alpha value is -1.88. The van der Waals surface area contributed by atoms with Crippen molar-refractivity contribution >= 4 is 28.6 Å². The molecule has 1 aliphatic carbocycles. The topological polar surface area (TPSA) is 41.1 Å². The molecule has 1 saturated carbocycles. The van der Waals surface area contributed by atoms with E-state index in [-0.39, 0.29) is 17.8 Å². The molecule has 1 aliphatic rings. The third-order valence-electron chi connectivity index (χ3n) is 3.54. The standard InChI is InChI=1S/C16H17FN2OS/c1-10(20)18-12-6-7-13(17)14(9-12)19-16(11-4-5-11)15-3-2-8-21-15/h2-3,6-9,11,16,19H,4-5H2,1H3,(H,18,20). The fourth-order valence-corrected chi connectivity index (χ4v) is 3.27. The van der Waals surface area contributed by atoms with E-state index < -0.39 is 0 Å². The Morgan fingerprint density at radius 2 is 2.19 bits per heavy atom. The van der Waals surface area contributed by atoms with E-state index >= 15 is 0 Å². The van der Waals surface area contributed by atoms with Crippen LogP contribution >= 0.6 is 11.3 Å². The van der Waals surface area contributed by atoms with Gasteiger partial charge in [-0.1, -0.05) is 6.07 Å². The highest BCUT2D eigenvalue weighted by atomic mass is 32.1. The van der Waals surface area contributed by atoms with E-state index in [0.29, 0.717) is 17.3 Å². The Morgan fingerprint density at radius 1 is 1.38 bits per heavy atom. The number of carbonyl (C=O) groups is 1. The molecule has 0 radical (unpaired) electrons. The highest BCUT2D eigenvalue weighted by Gasteiger charge is 2.33. The monoisotopic (exact) mass is 304 g/mol. The van der Waals surface area contributed by atoms with Gasteiger partial charge in [0.1, 0.15) is 5.82 Å². The maximum absolute atomic E-state index is 14.0. The third-order valence-corrected chi connectivity index (χ3v) is 4.50. The second-order valence-corrected chi connectivity index (χ2v) is 6.33. The summed E-state index contributed by atoms with van der Waals surface area (Å²) >= 11 is 1.68. The van der Waals surface area contributed by atoms with E-state index in [0.717, 1.165) is 0 Å². The molecule has 1 amide bonds. The van der Waals surface area contributed by atoms with Gasteiger partial charge in [-0.2, -0.15) is 0 Å². The molecule has 0 aliphatic heterocycles. The van der Waals surface area contributed by atoms with Gasteiger partial charge in [0.05, 0.1) is 11.7 Å². The lowest BCUT2D eigenvalue weighted by atomic mass is 10.1. The summed E-state index contributed by atoms with van der Waals surface area (Å²) < 4.78 is 14.0. The lowest BCUT2D eigenvalue weighted by Gasteiger charge is -2.19. The highest BCUT2D eigenvalue weighted by Crippen LogP contribution is 2.44. The Kier molecular flexibility index (Phi) is 3.92. The zero-order valence-corrected chi connectivity index (χ0v) is 12.5. The van der Waals surface area contributed by atoms with Gasteiger partial charge < -0.3 is 10.6 Å². The van der Waals surface area contributed by atoms with Crippen molar-refractivity contribution in [3.63, 3.8) is 0 Å². The summed E-state index contributed by atoms with van der Waals surface area (Å²) in [6, 6.07) is 8.84. The molecule has 2 aromatic rings. The van der Waals surface area contributed by atoms with E-state index in [1.165, 1.54) is 30.7 Å². The first kappa shape index (κ1) is 14.1. The van der Waals surface area contributed by atoms with Crippen molar-refractivity contribution < 1.29 is 9.18 Å². The number of nitrogens with one attached hydrogen (secondary N) is 2. The van der Waals surface area contributed by atoms with Crippen molar-refractivity contribution in [2.24, 2.45) is 5.92 Å². The molecule has 0 saturated heterocycles. The van der Waals surface area contributed by atoms with Crippen molar-refractivity contribution in [2.75, 3.05) is 10.6 Å². The summed E-state index contributed by atoms with van der Waals surface area (Å²) in [5.74, 6) is 0.100. The Labute approximate surface area is 127 Å². The number of halogens is 1. The second kappa shape index (κ2) is 5.85. The van der Waals surface area contributed by atoms with Crippen LogP contribution in [0.15, 0.2) is 35.7 Å². The first-order valence-corrected chi connectivity index (χ1v) is 7.88. The zero-order valence-electron chi connectivity index (χ0n) is 11.7. The molecule has 3 rings (SSSR count). The average molecular weight is 304 g/mol. The molecule has 0 spiro atoms. The first-order chi connectivity index (χ1) is 10.1. The summed E-state index contributed by atoms with van der Waals surface area (Å²) in [6.07, 6.45) is 2.34. The molecule has 21 heavy (non-hydrogen) atoms. The highest BCUT2D eigenvalue weighted by molar-refractivity contribution is 7.10. The first-order valence-electron chi connectivity index (χ1n) is 7.00. The van der Waals surface area contributed by atoms with Gasteiger partial charge in [0.15, 0.2) is 0 Å². The van der Waals surface area contributed by atoms with Gasteiger partial charge in [-0.25, -0.2) is 4.39 Å². The van der Waals surface area contributed by atoms with Crippen LogP contribution in [-0.4, -0.2) is 5.91 Å². The largest absolute Gasteiger partial charge is 0.375 e. The lowest BCUT2D eigenvalue weighted by molar-refractivity contribution is -0.114. The molecule has 1 atom stereocenters. The van der Waals surface area contributed by atoms with Crippen LogP contribution in [0.3, 0.4) is 0 Å². The third kappa shape index (κ3) is 3.42. The Morgan fingerprint density at radius 3 is 2.81 bits per heavy atom. The van der Waals surface area contributed by atoms with Gasteiger partial charge in [-0.15, -0.1) is 11.3 Å². The van der Waals surface area contributed by atoms with Crippen molar-refractivity contribution in [2.45, 2.75) is 25.8 Å². The number of hydrogen-bond donors (Lipinski definition) is 2. The van der Waals surface area contributed by atoms with Crippen LogP contribution in [-0.2, 0) is 4.79 Å². The molecule has 1 unspecified atom stereocenters. The summed E-state index contributed by atoms with van der Waals surface area (Å²) in [5.41, 5.74) is 1.04. The van der Waals surface area contributed by atoms with E-state index in [1.54, 1.807) is 23.5 Å². The second-order valence-electron chi connectivity index (χ2n) is 5.35. The number of benzene rings is 1. The van der Waals surface area contributed by atoms with Gasteiger partial charge in [0, 0.05) is 17.5 Å². The van der Waals surface area contributed by atoms with Crippen molar-refractivity contribution in [3.05, 3.63) is 46.4 Å². The van der Waals surface area contributed by atoms with Crippen LogP contribution in [0.25, 0.3) is 0 Å². The molecule has 1 heterocycles. The van der Waals surface area contributed by atoms with E-state index in [2.05, 4.69) is 16.7 Å². The molecular weight excluding hydrogens is 287 g/mol. The van der Waals surface area contributed by atoms with E-state index in [9.17, 15) is 9.18 Å². The summed E-state index contributed by atoms with van der Waals surface area (Å²) in [4.78, 5) is 12.3. The minimum atomic E-state index is -0.300. The van der Waals surface area contributed by atoms with Crippen LogP contribution in [0.1, 0.15) is 30.7 Å². The summed E-state index contributed by atoms with van der Waals surface area (Å²) in [7, 11) is 0. The van der Waals surface area contributed by atoms with Crippen LogP contribution in [0.5, 0.6) is 0 Å². The van der Waals surface area contributed by atoms with Gasteiger partial charge in [0.25, 0.3) is 0 Å². The molecule has 1 fully saturated rings. The number of carbonyl (C=O) groups excluding carboxylic acids is 1. The number of thiophene rings is 1. The van der Waals surface area contributed by atoms with Gasteiger partial charge in [-0.3, -0.25) is 4.79 Å². The summed E-state index contributed by atoms with van der Waals surface area (Å²) in [5, 5.41) is 8.03. The fraction of sp³-hybridized carbons (Fsp3) is 0.312. The van der Waals surface area contributed by atoms with Gasteiger partial charge in [-0.05, 0) is 48.4 Å². The SMILES string of the molecule is CC(=O)Nc1ccc(F)c(NC(c2cccs2)C2CC2)c1. The normalized spacial score (nSPS) is 15.5.